The maximum absolute atomic E-state index is 4.59. The topological polar surface area (TPSA) is 28.2 Å². The second-order valence-electron chi connectivity index (χ2n) is 5.37. The third-order valence-electron chi connectivity index (χ3n) is 3.88. The highest BCUT2D eigenvalue weighted by molar-refractivity contribution is 7.11. The van der Waals surface area contributed by atoms with Gasteiger partial charge in [-0.1, -0.05) is 6.92 Å². The number of thiazole rings is 1. The number of likely N-dealkylation sites (tertiary alicyclic amines) is 1. The summed E-state index contributed by atoms with van der Waals surface area (Å²) in [6.07, 6.45) is 5.69. The summed E-state index contributed by atoms with van der Waals surface area (Å²) in [5.74, 6) is 0.825. The van der Waals surface area contributed by atoms with E-state index in [2.05, 4.69) is 35.2 Å². The number of hydrogen-bond acceptors (Lipinski definition) is 4. The van der Waals surface area contributed by atoms with Crippen molar-refractivity contribution in [3.05, 3.63) is 16.1 Å². The normalized spacial score (nSPS) is 22.5. The Morgan fingerprint density at radius 1 is 1.61 bits per heavy atom. The summed E-state index contributed by atoms with van der Waals surface area (Å²) in [4.78, 5) is 8.55. The Bertz CT molecular complexity index is 364. The molecule has 2 unspecified atom stereocenters. The van der Waals surface area contributed by atoms with Crippen molar-refractivity contribution in [2.45, 2.75) is 39.2 Å². The maximum atomic E-state index is 4.59. The van der Waals surface area contributed by atoms with E-state index in [9.17, 15) is 0 Å². The average Bonchev–Trinajstić information content (AvgIpc) is 2.99. The van der Waals surface area contributed by atoms with E-state index < -0.39 is 0 Å². The van der Waals surface area contributed by atoms with Crippen LogP contribution in [0.1, 0.15) is 30.2 Å². The third kappa shape index (κ3) is 3.77. The molecule has 0 amide bonds. The summed E-state index contributed by atoms with van der Waals surface area (Å²) in [5, 5.41) is 4.61. The van der Waals surface area contributed by atoms with Crippen molar-refractivity contribution in [1.82, 2.24) is 15.2 Å². The molecule has 0 spiro atoms. The molecule has 1 N–H and O–H groups in total. The molecule has 1 saturated heterocycles. The molecule has 2 heterocycles. The first kappa shape index (κ1) is 14.0. The Balaban J connectivity index is 1.83. The zero-order valence-corrected chi connectivity index (χ0v) is 12.6. The van der Waals surface area contributed by atoms with Crippen LogP contribution in [0, 0.1) is 5.92 Å². The van der Waals surface area contributed by atoms with E-state index in [0.29, 0.717) is 6.04 Å². The highest BCUT2D eigenvalue weighted by Gasteiger charge is 2.22. The molecule has 1 aliphatic rings. The minimum absolute atomic E-state index is 0.542. The summed E-state index contributed by atoms with van der Waals surface area (Å²) in [5.41, 5.74) is 0. The van der Waals surface area contributed by atoms with E-state index in [4.69, 9.17) is 0 Å². The second kappa shape index (κ2) is 6.64. The lowest BCUT2D eigenvalue weighted by Crippen LogP contribution is -2.22. The van der Waals surface area contributed by atoms with Gasteiger partial charge >= 0.3 is 0 Å². The lowest BCUT2D eigenvalue weighted by molar-refractivity contribution is 0.342. The van der Waals surface area contributed by atoms with Gasteiger partial charge in [0.15, 0.2) is 0 Å². The Kier molecular flexibility index (Phi) is 5.15. The van der Waals surface area contributed by atoms with Crippen LogP contribution in [-0.4, -0.2) is 42.6 Å². The molecule has 0 aliphatic carbocycles. The quantitative estimate of drug-likeness (QED) is 0.856. The van der Waals surface area contributed by atoms with Gasteiger partial charge in [-0.15, -0.1) is 11.3 Å². The minimum atomic E-state index is 0.542. The Morgan fingerprint density at radius 3 is 3.11 bits per heavy atom. The van der Waals surface area contributed by atoms with Crippen LogP contribution in [-0.2, 0) is 12.8 Å². The van der Waals surface area contributed by atoms with Gasteiger partial charge in [0, 0.05) is 30.1 Å². The first-order chi connectivity index (χ1) is 8.71. The SMILES string of the molecule is CCN1CCC(Cc2ncc(CC(C)NC)s2)C1. The summed E-state index contributed by atoms with van der Waals surface area (Å²) in [7, 11) is 2.02. The fraction of sp³-hybridized carbons (Fsp3) is 0.786. The molecular weight excluding hydrogens is 242 g/mol. The fourth-order valence-electron chi connectivity index (χ4n) is 2.55. The van der Waals surface area contributed by atoms with Crippen LogP contribution in [0.15, 0.2) is 6.20 Å². The van der Waals surface area contributed by atoms with Gasteiger partial charge in [0.05, 0.1) is 5.01 Å². The Hall–Kier alpha value is -0.450. The predicted molar refractivity (Wildman–Crippen MR) is 78.3 cm³/mol. The van der Waals surface area contributed by atoms with Crippen molar-refractivity contribution in [3.8, 4) is 0 Å². The lowest BCUT2D eigenvalue weighted by atomic mass is 10.1. The summed E-state index contributed by atoms with van der Waals surface area (Å²) >= 11 is 1.90. The Labute approximate surface area is 115 Å². The summed E-state index contributed by atoms with van der Waals surface area (Å²) in [6, 6.07) is 0.542. The van der Waals surface area contributed by atoms with Crippen molar-refractivity contribution in [3.63, 3.8) is 0 Å². The van der Waals surface area contributed by atoms with Gasteiger partial charge in [0.2, 0.25) is 0 Å². The number of rotatable bonds is 6. The summed E-state index contributed by atoms with van der Waals surface area (Å²) in [6.45, 7) is 8.20. The summed E-state index contributed by atoms with van der Waals surface area (Å²) < 4.78 is 0. The molecule has 0 radical (unpaired) electrons. The number of nitrogens with one attached hydrogen (secondary N) is 1. The van der Waals surface area contributed by atoms with E-state index in [1.165, 1.54) is 42.4 Å². The van der Waals surface area contributed by atoms with Crippen LogP contribution in [0.3, 0.4) is 0 Å². The van der Waals surface area contributed by atoms with E-state index in [-0.39, 0.29) is 0 Å². The van der Waals surface area contributed by atoms with Gasteiger partial charge in [0.25, 0.3) is 0 Å². The molecule has 3 nitrogen and oxygen atoms in total. The molecule has 102 valence electrons. The molecule has 1 fully saturated rings. The first-order valence-corrected chi connectivity index (χ1v) is 7.86. The molecular formula is C14H25N3S. The van der Waals surface area contributed by atoms with Crippen molar-refractivity contribution in [1.29, 1.82) is 0 Å². The number of hydrogen-bond donors (Lipinski definition) is 1. The van der Waals surface area contributed by atoms with Gasteiger partial charge < -0.3 is 10.2 Å². The maximum Gasteiger partial charge on any atom is 0.0930 e. The van der Waals surface area contributed by atoms with E-state index >= 15 is 0 Å². The van der Waals surface area contributed by atoms with Gasteiger partial charge in [-0.25, -0.2) is 4.98 Å². The monoisotopic (exact) mass is 267 g/mol. The minimum Gasteiger partial charge on any atom is -0.317 e. The number of nitrogens with zero attached hydrogens (tertiary/aromatic N) is 2. The van der Waals surface area contributed by atoms with Crippen molar-refractivity contribution < 1.29 is 0 Å². The van der Waals surface area contributed by atoms with E-state index in [0.717, 1.165) is 12.3 Å². The zero-order chi connectivity index (χ0) is 13.0. The van der Waals surface area contributed by atoms with Crippen LogP contribution in [0.5, 0.6) is 0 Å². The fourth-order valence-corrected chi connectivity index (χ4v) is 3.72. The van der Waals surface area contributed by atoms with Gasteiger partial charge in [0.1, 0.15) is 0 Å². The molecule has 4 heteroatoms. The third-order valence-corrected chi connectivity index (χ3v) is 4.92. The van der Waals surface area contributed by atoms with E-state index in [1.54, 1.807) is 0 Å². The standard InChI is InChI=1S/C14H25N3S/c1-4-17-6-5-12(10-17)8-14-16-9-13(18-14)7-11(2)15-3/h9,11-12,15H,4-8,10H2,1-3H3. The van der Waals surface area contributed by atoms with Crippen molar-refractivity contribution >= 4 is 11.3 Å². The molecule has 2 atom stereocenters. The molecule has 0 bridgehead atoms. The Morgan fingerprint density at radius 2 is 2.44 bits per heavy atom. The second-order valence-corrected chi connectivity index (χ2v) is 6.57. The smallest absolute Gasteiger partial charge is 0.0930 e. The molecule has 1 aromatic rings. The number of likely N-dealkylation sites (N-methyl/N-ethyl adjacent to an activating group) is 1. The molecule has 2 rings (SSSR count). The lowest BCUT2D eigenvalue weighted by Gasteiger charge is -2.11. The molecule has 1 aliphatic heterocycles. The van der Waals surface area contributed by atoms with Crippen molar-refractivity contribution in [2.75, 3.05) is 26.7 Å². The number of aromatic nitrogens is 1. The van der Waals surface area contributed by atoms with Crippen LogP contribution < -0.4 is 5.32 Å². The largest absolute Gasteiger partial charge is 0.317 e. The molecule has 0 aromatic carbocycles. The molecule has 0 saturated carbocycles. The highest BCUT2D eigenvalue weighted by Crippen LogP contribution is 2.23. The predicted octanol–water partition coefficient (Wildman–Crippen LogP) is 2.18. The van der Waals surface area contributed by atoms with Gasteiger partial charge in [-0.2, -0.15) is 0 Å². The van der Waals surface area contributed by atoms with Crippen LogP contribution >= 0.6 is 11.3 Å². The molecule has 18 heavy (non-hydrogen) atoms. The van der Waals surface area contributed by atoms with Gasteiger partial charge in [-0.3, -0.25) is 0 Å². The molecule has 1 aromatic heterocycles. The highest BCUT2D eigenvalue weighted by atomic mass is 32.1. The van der Waals surface area contributed by atoms with Crippen LogP contribution in [0.25, 0.3) is 0 Å². The van der Waals surface area contributed by atoms with E-state index in [1.807, 2.05) is 18.4 Å². The van der Waals surface area contributed by atoms with Crippen LogP contribution in [0.4, 0.5) is 0 Å². The van der Waals surface area contributed by atoms with Crippen LogP contribution in [0.2, 0.25) is 0 Å². The average molecular weight is 267 g/mol. The first-order valence-electron chi connectivity index (χ1n) is 7.04. The zero-order valence-electron chi connectivity index (χ0n) is 11.8. The van der Waals surface area contributed by atoms with Gasteiger partial charge in [-0.05, 0) is 45.8 Å². The van der Waals surface area contributed by atoms with Crippen molar-refractivity contribution in [2.24, 2.45) is 5.92 Å².